The van der Waals surface area contributed by atoms with Crippen molar-refractivity contribution in [1.82, 2.24) is 26.6 Å². The molecule has 6 amide bonds. The monoisotopic (exact) mass is 484 g/mol. The molecule has 1 aliphatic rings. The van der Waals surface area contributed by atoms with E-state index in [4.69, 9.17) is 10.8 Å². The molecule has 3 atom stereocenters. The number of rotatable bonds is 8. The first-order valence-corrected chi connectivity index (χ1v) is 10.8. The number of amides is 6. The summed E-state index contributed by atoms with van der Waals surface area (Å²) in [5, 5.41) is 20.8. The van der Waals surface area contributed by atoms with Crippen LogP contribution in [0.15, 0.2) is 0 Å². The Labute approximate surface area is 196 Å². The molecule has 0 radical (unpaired) electrons. The Morgan fingerprint density at radius 3 is 1.76 bits per heavy atom. The van der Waals surface area contributed by atoms with Crippen LogP contribution < -0.4 is 32.3 Å². The van der Waals surface area contributed by atoms with Gasteiger partial charge >= 0.3 is 5.97 Å². The van der Waals surface area contributed by atoms with Crippen LogP contribution in [-0.2, 0) is 33.6 Å². The summed E-state index contributed by atoms with van der Waals surface area (Å²) in [6.45, 7) is 2.53. The van der Waals surface area contributed by atoms with Crippen LogP contribution in [0, 0.1) is 5.92 Å². The number of carboxylic acid groups (broad SMARTS) is 1. The Bertz CT molecular complexity index is 815. The lowest BCUT2D eigenvalue weighted by Crippen LogP contribution is -2.55. The van der Waals surface area contributed by atoms with E-state index in [-0.39, 0.29) is 31.6 Å². The minimum atomic E-state index is -1.27. The van der Waals surface area contributed by atoms with E-state index >= 15 is 0 Å². The van der Waals surface area contributed by atoms with E-state index in [0.29, 0.717) is 0 Å². The normalized spacial score (nSPS) is 22.9. The third-order valence-corrected chi connectivity index (χ3v) is 4.82. The lowest BCUT2D eigenvalue weighted by atomic mass is 10.0. The van der Waals surface area contributed by atoms with Crippen LogP contribution in [0.1, 0.15) is 46.0 Å². The summed E-state index contributed by atoms with van der Waals surface area (Å²) in [4.78, 5) is 84.6. The lowest BCUT2D eigenvalue weighted by molar-refractivity contribution is -0.138. The van der Waals surface area contributed by atoms with Crippen LogP contribution in [0.25, 0.3) is 0 Å². The van der Waals surface area contributed by atoms with Gasteiger partial charge in [0.15, 0.2) is 0 Å². The number of carbonyl (C=O) groups excluding carboxylic acids is 6. The predicted octanol–water partition coefficient (Wildman–Crippen LogP) is -3.14. The van der Waals surface area contributed by atoms with Crippen LogP contribution >= 0.6 is 0 Å². The number of aliphatic carboxylic acids is 1. The quantitative estimate of drug-likeness (QED) is 0.186. The van der Waals surface area contributed by atoms with Crippen LogP contribution in [-0.4, -0.2) is 77.7 Å². The number of carbonyl (C=O) groups is 7. The second kappa shape index (κ2) is 13.7. The topological polar surface area (TPSA) is 226 Å². The first kappa shape index (κ1) is 28.3. The summed E-state index contributed by atoms with van der Waals surface area (Å²) in [5.74, 6) is -5.67. The highest BCUT2D eigenvalue weighted by molar-refractivity contribution is 5.96. The van der Waals surface area contributed by atoms with Crippen molar-refractivity contribution in [3.63, 3.8) is 0 Å². The van der Waals surface area contributed by atoms with Crippen molar-refractivity contribution < 1.29 is 38.7 Å². The van der Waals surface area contributed by atoms with Gasteiger partial charge in [0.1, 0.15) is 18.1 Å². The second-order valence-electron chi connectivity index (χ2n) is 8.30. The van der Waals surface area contributed by atoms with E-state index < -0.39 is 79.0 Å². The molecule has 0 aliphatic carbocycles. The average molecular weight is 485 g/mol. The van der Waals surface area contributed by atoms with Crippen LogP contribution in [0.2, 0.25) is 0 Å². The number of carboxylic acids is 1. The molecule has 1 saturated heterocycles. The largest absolute Gasteiger partial charge is 0.481 e. The van der Waals surface area contributed by atoms with Crippen LogP contribution in [0.4, 0.5) is 0 Å². The Morgan fingerprint density at radius 1 is 0.824 bits per heavy atom. The van der Waals surface area contributed by atoms with Gasteiger partial charge in [0.2, 0.25) is 35.4 Å². The fourth-order valence-corrected chi connectivity index (χ4v) is 3.14. The number of hydrogen-bond donors (Lipinski definition) is 7. The highest BCUT2D eigenvalue weighted by atomic mass is 16.4. The highest BCUT2D eigenvalue weighted by Crippen LogP contribution is 2.07. The van der Waals surface area contributed by atoms with Crippen molar-refractivity contribution >= 4 is 41.4 Å². The lowest BCUT2D eigenvalue weighted by Gasteiger charge is -2.24. The highest BCUT2D eigenvalue weighted by Gasteiger charge is 2.29. The number of primary amides is 1. The molecule has 1 fully saturated rings. The van der Waals surface area contributed by atoms with Gasteiger partial charge in [0.25, 0.3) is 0 Å². The number of nitrogens with two attached hydrogens (primary N) is 1. The zero-order chi connectivity index (χ0) is 25.8. The van der Waals surface area contributed by atoms with E-state index in [1.807, 2.05) is 13.8 Å². The Balaban J connectivity index is 3.16. The van der Waals surface area contributed by atoms with E-state index in [2.05, 4.69) is 26.6 Å². The molecule has 1 rings (SSSR count). The SMILES string of the molecule is CC(C)C[C@@H]1NC(=O)CNC(=O)[C@H](CCC(=O)O)NC(=O)CNC(=O)[C@H](CCC(N)=O)NC1=O. The minimum Gasteiger partial charge on any atom is -0.481 e. The zero-order valence-corrected chi connectivity index (χ0v) is 19.1. The van der Waals surface area contributed by atoms with Gasteiger partial charge in [0, 0.05) is 12.8 Å². The zero-order valence-electron chi connectivity index (χ0n) is 19.1. The van der Waals surface area contributed by atoms with Gasteiger partial charge in [-0.1, -0.05) is 13.8 Å². The number of hydrogen-bond acceptors (Lipinski definition) is 7. The van der Waals surface area contributed by atoms with Gasteiger partial charge in [-0.15, -0.1) is 0 Å². The summed E-state index contributed by atoms with van der Waals surface area (Å²) in [6, 6.07) is -3.52. The van der Waals surface area contributed by atoms with E-state index in [1.165, 1.54) is 0 Å². The second-order valence-corrected chi connectivity index (χ2v) is 8.30. The standard InChI is InChI=1S/C20H32N6O8/c1-10(2)7-13-20(34)26-12(3-5-14(21)27)19(33)23-8-15(28)24-11(4-6-17(30)31)18(32)22-9-16(29)25-13/h10-13H,3-9H2,1-2H3,(H2,21,27)(H,22,32)(H,23,33)(H,24,28)(H,25,29)(H,26,34)(H,30,31)/t11-,12-,13-/m0/s1. The Morgan fingerprint density at radius 2 is 1.29 bits per heavy atom. The van der Waals surface area contributed by atoms with Gasteiger partial charge in [-0.25, -0.2) is 0 Å². The first-order chi connectivity index (χ1) is 15.9. The fourth-order valence-electron chi connectivity index (χ4n) is 3.14. The number of nitrogens with one attached hydrogen (secondary N) is 5. The van der Waals surface area contributed by atoms with Gasteiger partial charge < -0.3 is 37.4 Å². The van der Waals surface area contributed by atoms with E-state index in [0.717, 1.165) is 0 Å². The molecule has 1 heterocycles. The van der Waals surface area contributed by atoms with Crippen molar-refractivity contribution in [3.8, 4) is 0 Å². The summed E-state index contributed by atoms with van der Waals surface area (Å²) >= 11 is 0. The molecule has 0 saturated carbocycles. The smallest absolute Gasteiger partial charge is 0.303 e. The molecule has 0 aromatic carbocycles. The summed E-state index contributed by atoms with van der Waals surface area (Å²) < 4.78 is 0. The Hall–Kier alpha value is -3.71. The molecule has 0 bridgehead atoms. The maximum Gasteiger partial charge on any atom is 0.303 e. The van der Waals surface area contributed by atoms with Crippen molar-refractivity contribution in [2.45, 2.75) is 64.1 Å². The molecular formula is C20H32N6O8. The molecule has 190 valence electrons. The molecule has 14 nitrogen and oxygen atoms in total. The maximum atomic E-state index is 12.8. The van der Waals surface area contributed by atoms with Gasteiger partial charge in [-0.3, -0.25) is 33.6 Å². The van der Waals surface area contributed by atoms with Gasteiger partial charge in [-0.05, 0) is 25.2 Å². The summed E-state index contributed by atoms with van der Waals surface area (Å²) in [6.07, 6.45) is -0.822. The summed E-state index contributed by atoms with van der Waals surface area (Å²) in [7, 11) is 0. The Kier molecular flexibility index (Phi) is 11.5. The molecule has 0 unspecified atom stereocenters. The molecule has 8 N–H and O–H groups in total. The molecule has 1 aliphatic heterocycles. The molecule has 0 aromatic heterocycles. The third kappa shape index (κ3) is 10.7. The molecule has 34 heavy (non-hydrogen) atoms. The summed E-state index contributed by atoms with van der Waals surface area (Å²) in [5.41, 5.74) is 5.14. The van der Waals surface area contributed by atoms with Crippen molar-refractivity contribution in [2.24, 2.45) is 11.7 Å². The van der Waals surface area contributed by atoms with Gasteiger partial charge in [-0.2, -0.15) is 0 Å². The van der Waals surface area contributed by atoms with Gasteiger partial charge in [0.05, 0.1) is 13.1 Å². The van der Waals surface area contributed by atoms with E-state index in [1.54, 1.807) is 0 Å². The minimum absolute atomic E-state index is 0.0205. The van der Waals surface area contributed by atoms with Crippen molar-refractivity contribution in [2.75, 3.05) is 13.1 Å². The van der Waals surface area contributed by atoms with E-state index in [9.17, 15) is 33.6 Å². The average Bonchev–Trinajstić information content (AvgIpc) is 2.74. The van der Waals surface area contributed by atoms with Crippen LogP contribution in [0.3, 0.4) is 0 Å². The molecule has 14 heteroatoms. The third-order valence-electron chi connectivity index (χ3n) is 4.82. The van der Waals surface area contributed by atoms with Crippen molar-refractivity contribution in [1.29, 1.82) is 0 Å². The fraction of sp³-hybridized carbons (Fsp3) is 0.650. The first-order valence-electron chi connectivity index (χ1n) is 10.8. The van der Waals surface area contributed by atoms with Crippen LogP contribution in [0.5, 0.6) is 0 Å². The molecule has 0 spiro atoms. The van der Waals surface area contributed by atoms with Crippen molar-refractivity contribution in [3.05, 3.63) is 0 Å². The predicted molar refractivity (Wildman–Crippen MR) is 117 cm³/mol. The molecular weight excluding hydrogens is 452 g/mol. The maximum absolute atomic E-state index is 12.8. The molecule has 0 aromatic rings.